The number of hydrogen-bond acceptors (Lipinski definition) is 2. The van der Waals surface area contributed by atoms with Crippen LogP contribution in [0.3, 0.4) is 0 Å². The van der Waals surface area contributed by atoms with Gasteiger partial charge in [0.15, 0.2) is 0 Å². The van der Waals surface area contributed by atoms with Gasteiger partial charge < -0.3 is 10.1 Å². The molecule has 0 spiro atoms. The normalized spacial score (nSPS) is 24.8. The lowest BCUT2D eigenvalue weighted by Gasteiger charge is -2.37. The Morgan fingerprint density at radius 2 is 2.11 bits per heavy atom. The van der Waals surface area contributed by atoms with Crippen LogP contribution in [0, 0.1) is 5.82 Å². The predicted octanol–water partition coefficient (Wildman–Crippen LogP) is 3.43. The fourth-order valence-electron chi connectivity index (χ4n) is 2.64. The van der Waals surface area contributed by atoms with E-state index in [9.17, 15) is 4.39 Å². The van der Waals surface area contributed by atoms with E-state index in [-0.39, 0.29) is 17.5 Å². The smallest absolute Gasteiger partial charge is 0.127 e. The molecular weight excluding hydrogens is 229 g/mol. The van der Waals surface area contributed by atoms with E-state index in [1.165, 1.54) is 6.07 Å². The van der Waals surface area contributed by atoms with E-state index in [4.69, 9.17) is 4.74 Å². The van der Waals surface area contributed by atoms with Crippen molar-refractivity contribution in [1.29, 1.82) is 0 Å². The van der Waals surface area contributed by atoms with E-state index in [0.717, 1.165) is 25.0 Å². The summed E-state index contributed by atoms with van der Waals surface area (Å²) in [6.07, 6.45) is 1.95. The zero-order valence-corrected chi connectivity index (χ0v) is 11.4. The summed E-state index contributed by atoms with van der Waals surface area (Å²) >= 11 is 0. The maximum atomic E-state index is 13.7. The second kappa shape index (κ2) is 5.37. The highest BCUT2D eigenvalue weighted by Crippen LogP contribution is 2.26. The summed E-state index contributed by atoms with van der Waals surface area (Å²) in [5.74, 6) is -0.135. The van der Waals surface area contributed by atoms with Gasteiger partial charge in [-0.25, -0.2) is 4.39 Å². The van der Waals surface area contributed by atoms with Crippen LogP contribution in [0.1, 0.15) is 45.2 Å². The highest BCUT2D eigenvalue weighted by molar-refractivity contribution is 5.20. The van der Waals surface area contributed by atoms with Gasteiger partial charge in [-0.1, -0.05) is 18.2 Å². The third-order valence-corrected chi connectivity index (χ3v) is 3.55. The number of rotatable bonds is 3. The molecule has 1 aliphatic rings. The van der Waals surface area contributed by atoms with Crippen molar-refractivity contribution in [3.05, 3.63) is 35.6 Å². The molecule has 1 heterocycles. The van der Waals surface area contributed by atoms with Crippen molar-refractivity contribution in [2.24, 2.45) is 0 Å². The summed E-state index contributed by atoms with van der Waals surface area (Å²) in [5.41, 5.74) is 0.659. The van der Waals surface area contributed by atoms with Crippen molar-refractivity contribution in [2.75, 3.05) is 6.61 Å². The Bertz CT molecular complexity index is 405. The molecule has 1 aliphatic heterocycles. The lowest BCUT2D eigenvalue weighted by atomic mass is 9.93. The molecule has 0 radical (unpaired) electrons. The van der Waals surface area contributed by atoms with E-state index in [1.54, 1.807) is 6.07 Å². The monoisotopic (exact) mass is 251 g/mol. The van der Waals surface area contributed by atoms with Crippen molar-refractivity contribution in [1.82, 2.24) is 5.32 Å². The molecule has 1 N–H and O–H groups in total. The molecule has 100 valence electrons. The lowest BCUT2D eigenvalue weighted by molar-refractivity contribution is -0.0640. The maximum Gasteiger partial charge on any atom is 0.127 e. The summed E-state index contributed by atoms with van der Waals surface area (Å²) in [6, 6.07) is 7.39. The molecule has 0 aromatic heterocycles. The first-order valence-corrected chi connectivity index (χ1v) is 6.62. The van der Waals surface area contributed by atoms with Crippen LogP contribution >= 0.6 is 0 Å². The summed E-state index contributed by atoms with van der Waals surface area (Å²) in [7, 11) is 0. The van der Waals surface area contributed by atoms with Crippen LogP contribution in [0.5, 0.6) is 0 Å². The quantitative estimate of drug-likeness (QED) is 0.888. The first-order valence-electron chi connectivity index (χ1n) is 6.62. The highest BCUT2D eigenvalue weighted by atomic mass is 19.1. The van der Waals surface area contributed by atoms with Crippen molar-refractivity contribution in [3.8, 4) is 0 Å². The van der Waals surface area contributed by atoms with Gasteiger partial charge >= 0.3 is 0 Å². The van der Waals surface area contributed by atoms with Crippen LogP contribution in [0.25, 0.3) is 0 Å². The zero-order valence-electron chi connectivity index (χ0n) is 11.4. The first kappa shape index (κ1) is 13.5. The van der Waals surface area contributed by atoms with Crippen molar-refractivity contribution in [2.45, 2.75) is 51.3 Å². The zero-order chi connectivity index (χ0) is 13.2. The Morgan fingerprint density at radius 3 is 2.78 bits per heavy atom. The van der Waals surface area contributed by atoms with Gasteiger partial charge in [-0.2, -0.15) is 0 Å². The standard InChI is InChI=1S/C15H22FNO/c1-11(13-6-4-5-7-14(13)16)17-12-8-9-18-15(2,3)10-12/h4-7,11-12,17H,8-10H2,1-3H3. The Hall–Kier alpha value is -0.930. The highest BCUT2D eigenvalue weighted by Gasteiger charge is 2.29. The van der Waals surface area contributed by atoms with Crippen LogP contribution in [-0.2, 0) is 4.74 Å². The average Bonchev–Trinajstić information content (AvgIpc) is 2.28. The van der Waals surface area contributed by atoms with Crippen LogP contribution in [0.15, 0.2) is 24.3 Å². The van der Waals surface area contributed by atoms with E-state index in [2.05, 4.69) is 19.2 Å². The molecule has 1 aromatic carbocycles. The van der Waals surface area contributed by atoms with Gasteiger partial charge in [-0.15, -0.1) is 0 Å². The molecule has 0 saturated carbocycles. The number of hydrogen-bond donors (Lipinski definition) is 1. The van der Waals surface area contributed by atoms with Gasteiger partial charge in [0, 0.05) is 24.3 Å². The molecule has 2 rings (SSSR count). The largest absolute Gasteiger partial charge is 0.375 e. The van der Waals surface area contributed by atoms with Crippen molar-refractivity contribution >= 4 is 0 Å². The Morgan fingerprint density at radius 1 is 1.39 bits per heavy atom. The van der Waals surface area contributed by atoms with E-state index in [0.29, 0.717) is 6.04 Å². The second-order valence-corrected chi connectivity index (χ2v) is 5.71. The molecule has 1 fully saturated rings. The topological polar surface area (TPSA) is 21.3 Å². The van der Waals surface area contributed by atoms with Gasteiger partial charge in [0.05, 0.1) is 5.60 Å². The summed E-state index contributed by atoms with van der Waals surface area (Å²) in [4.78, 5) is 0. The fraction of sp³-hybridized carbons (Fsp3) is 0.600. The van der Waals surface area contributed by atoms with Crippen molar-refractivity contribution < 1.29 is 9.13 Å². The SMILES string of the molecule is CC(NC1CCOC(C)(C)C1)c1ccccc1F. The maximum absolute atomic E-state index is 13.7. The van der Waals surface area contributed by atoms with Crippen molar-refractivity contribution in [3.63, 3.8) is 0 Å². The summed E-state index contributed by atoms with van der Waals surface area (Å²) in [5, 5.41) is 3.51. The van der Waals surface area contributed by atoms with E-state index in [1.807, 2.05) is 19.1 Å². The van der Waals surface area contributed by atoms with Crippen LogP contribution in [0.4, 0.5) is 4.39 Å². The van der Waals surface area contributed by atoms with Gasteiger partial charge in [0.1, 0.15) is 5.82 Å². The Kier molecular flexibility index (Phi) is 4.03. The molecule has 0 bridgehead atoms. The molecule has 1 saturated heterocycles. The molecule has 2 unspecified atom stereocenters. The fourth-order valence-corrected chi connectivity index (χ4v) is 2.64. The molecule has 1 aromatic rings. The van der Waals surface area contributed by atoms with Gasteiger partial charge in [-0.3, -0.25) is 0 Å². The van der Waals surface area contributed by atoms with Gasteiger partial charge in [0.25, 0.3) is 0 Å². The minimum atomic E-state index is -0.135. The lowest BCUT2D eigenvalue weighted by Crippen LogP contribution is -2.44. The summed E-state index contributed by atoms with van der Waals surface area (Å²) in [6.45, 7) is 7.00. The minimum Gasteiger partial charge on any atom is -0.375 e. The van der Waals surface area contributed by atoms with Crippen LogP contribution in [0.2, 0.25) is 0 Å². The number of ether oxygens (including phenoxy) is 1. The van der Waals surface area contributed by atoms with Gasteiger partial charge in [-0.05, 0) is 39.7 Å². The van der Waals surface area contributed by atoms with Gasteiger partial charge in [0.2, 0.25) is 0 Å². The van der Waals surface area contributed by atoms with E-state index >= 15 is 0 Å². The van der Waals surface area contributed by atoms with Crippen LogP contribution < -0.4 is 5.32 Å². The second-order valence-electron chi connectivity index (χ2n) is 5.71. The first-order chi connectivity index (χ1) is 8.48. The number of nitrogens with one attached hydrogen (secondary N) is 1. The number of halogens is 1. The minimum absolute atomic E-state index is 0.0325. The molecular formula is C15H22FNO. The third kappa shape index (κ3) is 3.30. The van der Waals surface area contributed by atoms with E-state index < -0.39 is 0 Å². The molecule has 0 aliphatic carbocycles. The average molecular weight is 251 g/mol. The molecule has 0 amide bonds. The Balaban J connectivity index is 1.99. The molecule has 3 heteroatoms. The molecule has 2 atom stereocenters. The van der Waals surface area contributed by atoms with Crippen LogP contribution in [-0.4, -0.2) is 18.2 Å². The summed E-state index contributed by atoms with van der Waals surface area (Å²) < 4.78 is 19.4. The Labute approximate surface area is 109 Å². The number of benzene rings is 1. The molecule has 2 nitrogen and oxygen atoms in total. The predicted molar refractivity (Wildman–Crippen MR) is 71.0 cm³/mol. The third-order valence-electron chi connectivity index (χ3n) is 3.55. The molecule has 18 heavy (non-hydrogen) atoms.